The highest BCUT2D eigenvalue weighted by molar-refractivity contribution is 7.89. The van der Waals surface area contributed by atoms with Crippen molar-refractivity contribution in [3.8, 4) is 0 Å². The number of sulfonamides is 1. The Hall–Kier alpha value is -1.18. The molecule has 0 amide bonds. The maximum absolute atomic E-state index is 13.6. The molecular formula is C14H24FN3O2S. The van der Waals surface area contributed by atoms with Crippen LogP contribution in [0.25, 0.3) is 0 Å². The topological polar surface area (TPSA) is 75.4 Å². The van der Waals surface area contributed by atoms with Crippen LogP contribution in [0.3, 0.4) is 0 Å². The number of nitrogens with one attached hydrogen (secondary N) is 1. The van der Waals surface area contributed by atoms with Crippen molar-refractivity contribution in [3.05, 3.63) is 23.5 Å². The van der Waals surface area contributed by atoms with Crippen LogP contribution < -0.4 is 10.5 Å². The number of halogens is 1. The summed E-state index contributed by atoms with van der Waals surface area (Å²) in [4.78, 5) is 1.96. The molecule has 1 atom stereocenters. The first-order valence-corrected chi connectivity index (χ1v) is 8.43. The van der Waals surface area contributed by atoms with Crippen LogP contribution in [0.2, 0.25) is 0 Å². The molecule has 0 aromatic heterocycles. The molecule has 120 valence electrons. The van der Waals surface area contributed by atoms with E-state index in [2.05, 4.69) is 23.5 Å². The molecule has 0 saturated heterocycles. The van der Waals surface area contributed by atoms with Crippen LogP contribution in [0.5, 0.6) is 0 Å². The second-order valence-electron chi connectivity index (χ2n) is 5.26. The van der Waals surface area contributed by atoms with Gasteiger partial charge < -0.3 is 10.6 Å². The third-order valence-corrected chi connectivity index (χ3v) is 5.30. The summed E-state index contributed by atoms with van der Waals surface area (Å²) >= 11 is 0. The maximum Gasteiger partial charge on any atom is 0.241 e. The van der Waals surface area contributed by atoms with Crippen molar-refractivity contribution in [3.63, 3.8) is 0 Å². The van der Waals surface area contributed by atoms with Gasteiger partial charge in [0.05, 0.1) is 4.90 Å². The number of hydrogen-bond acceptors (Lipinski definition) is 4. The van der Waals surface area contributed by atoms with Gasteiger partial charge in [-0.1, -0.05) is 6.92 Å². The molecule has 0 heterocycles. The lowest BCUT2D eigenvalue weighted by Crippen LogP contribution is -2.37. The van der Waals surface area contributed by atoms with Crippen LogP contribution >= 0.6 is 0 Å². The molecule has 0 fully saturated rings. The Morgan fingerprint density at radius 1 is 1.43 bits per heavy atom. The van der Waals surface area contributed by atoms with Gasteiger partial charge in [-0.25, -0.2) is 17.5 Å². The Morgan fingerprint density at radius 3 is 2.62 bits per heavy atom. The van der Waals surface area contributed by atoms with E-state index >= 15 is 0 Å². The van der Waals surface area contributed by atoms with Crippen LogP contribution in [0.1, 0.15) is 25.8 Å². The molecule has 0 spiro atoms. The zero-order valence-corrected chi connectivity index (χ0v) is 13.8. The van der Waals surface area contributed by atoms with E-state index in [0.717, 1.165) is 12.5 Å². The molecule has 1 rings (SSSR count). The number of benzene rings is 1. The molecule has 7 heteroatoms. The van der Waals surface area contributed by atoms with E-state index < -0.39 is 15.8 Å². The zero-order chi connectivity index (χ0) is 16.2. The number of hydrogen-bond donors (Lipinski definition) is 2. The molecule has 0 aliphatic rings. The van der Waals surface area contributed by atoms with E-state index in [0.29, 0.717) is 12.6 Å². The van der Waals surface area contributed by atoms with Crippen molar-refractivity contribution in [2.24, 2.45) is 0 Å². The van der Waals surface area contributed by atoms with Crippen molar-refractivity contribution < 1.29 is 12.8 Å². The SMILES string of the molecule is CCC(C)N(C)CCNS(=O)(=O)c1cc(N)cc(F)c1C. The van der Waals surface area contributed by atoms with E-state index in [9.17, 15) is 12.8 Å². The number of nitrogens with zero attached hydrogens (tertiary/aromatic N) is 1. The summed E-state index contributed by atoms with van der Waals surface area (Å²) in [7, 11) is -1.82. The standard InChI is InChI=1S/C14H24FN3O2S/c1-5-10(2)18(4)7-6-17-21(19,20)14-9-12(16)8-13(15)11(14)3/h8-10,17H,5-7,16H2,1-4H3. The minimum Gasteiger partial charge on any atom is -0.399 e. The number of nitrogen functional groups attached to an aromatic ring is 1. The molecule has 0 radical (unpaired) electrons. The normalized spacial score (nSPS) is 13.6. The molecule has 1 unspecified atom stereocenters. The summed E-state index contributed by atoms with van der Waals surface area (Å²) in [6.07, 6.45) is 0.989. The van der Waals surface area contributed by atoms with Crippen molar-refractivity contribution in [2.45, 2.75) is 38.1 Å². The summed E-state index contributed by atoms with van der Waals surface area (Å²) in [6, 6.07) is 2.77. The fourth-order valence-corrected chi connectivity index (χ4v) is 3.23. The Bertz CT molecular complexity index is 590. The van der Waals surface area contributed by atoms with Gasteiger partial charge in [0.25, 0.3) is 0 Å². The van der Waals surface area contributed by atoms with E-state index in [1.54, 1.807) is 0 Å². The number of anilines is 1. The fraction of sp³-hybridized carbons (Fsp3) is 0.571. The lowest BCUT2D eigenvalue weighted by atomic mass is 10.2. The van der Waals surface area contributed by atoms with Gasteiger partial charge in [0, 0.05) is 30.4 Å². The fourth-order valence-electron chi connectivity index (χ4n) is 1.92. The van der Waals surface area contributed by atoms with Gasteiger partial charge in [-0.2, -0.15) is 0 Å². The predicted molar refractivity (Wildman–Crippen MR) is 83.1 cm³/mol. The minimum absolute atomic E-state index is 0.0759. The van der Waals surface area contributed by atoms with Crippen molar-refractivity contribution in [1.82, 2.24) is 9.62 Å². The molecule has 0 aliphatic carbocycles. The highest BCUT2D eigenvalue weighted by Crippen LogP contribution is 2.21. The molecule has 0 saturated carbocycles. The van der Waals surface area contributed by atoms with E-state index in [1.807, 2.05) is 7.05 Å². The zero-order valence-electron chi connectivity index (χ0n) is 13.0. The smallest absolute Gasteiger partial charge is 0.241 e. The second kappa shape index (κ2) is 7.20. The van der Waals surface area contributed by atoms with Gasteiger partial charge in [-0.3, -0.25) is 0 Å². The van der Waals surface area contributed by atoms with Crippen molar-refractivity contribution >= 4 is 15.7 Å². The number of rotatable bonds is 7. The van der Waals surface area contributed by atoms with Gasteiger partial charge in [-0.05, 0) is 39.4 Å². The van der Waals surface area contributed by atoms with Gasteiger partial charge in [-0.15, -0.1) is 0 Å². The monoisotopic (exact) mass is 317 g/mol. The van der Waals surface area contributed by atoms with Crippen molar-refractivity contribution in [2.75, 3.05) is 25.9 Å². The summed E-state index contributed by atoms with van der Waals surface area (Å²) in [5.74, 6) is -0.618. The summed E-state index contributed by atoms with van der Waals surface area (Å²) in [5, 5.41) is 0. The van der Waals surface area contributed by atoms with E-state index in [4.69, 9.17) is 5.73 Å². The molecule has 1 aromatic carbocycles. The Labute approximate surface area is 126 Å². The molecule has 1 aromatic rings. The highest BCUT2D eigenvalue weighted by Gasteiger charge is 2.20. The quantitative estimate of drug-likeness (QED) is 0.751. The average Bonchev–Trinajstić information content (AvgIpc) is 2.41. The number of nitrogens with two attached hydrogens (primary N) is 1. The first-order valence-electron chi connectivity index (χ1n) is 6.94. The lowest BCUT2D eigenvalue weighted by Gasteiger charge is -2.23. The van der Waals surface area contributed by atoms with Gasteiger partial charge in [0.1, 0.15) is 5.82 Å². The molecular weight excluding hydrogens is 293 g/mol. The van der Waals surface area contributed by atoms with Gasteiger partial charge in [0.2, 0.25) is 10.0 Å². The van der Waals surface area contributed by atoms with Gasteiger partial charge in [0.15, 0.2) is 0 Å². The predicted octanol–water partition coefficient (Wildman–Crippen LogP) is 1.72. The second-order valence-corrected chi connectivity index (χ2v) is 7.00. The third-order valence-electron chi connectivity index (χ3n) is 3.71. The third kappa shape index (κ3) is 4.66. The average molecular weight is 317 g/mol. The highest BCUT2D eigenvalue weighted by atomic mass is 32.2. The Morgan fingerprint density at radius 2 is 2.05 bits per heavy atom. The first-order chi connectivity index (χ1) is 9.69. The van der Waals surface area contributed by atoms with Crippen LogP contribution in [0.4, 0.5) is 10.1 Å². The van der Waals surface area contributed by atoms with Crippen LogP contribution in [0.15, 0.2) is 17.0 Å². The van der Waals surface area contributed by atoms with Gasteiger partial charge >= 0.3 is 0 Å². The minimum atomic E-state index is -3.76. The molecule has 21 heavy (non-hydrogen) atoms. The van der Waals surface area contributed by atoms with Crippen LogP contribution in [-0.2, 0) is 10.0 Å². The molecule has 0 bridgehead atoms. The number of likely N-dealkylation sites (N-methyl/N-ethyl adjacent to an activating group) is 1. The van der Waals surface area contributed by atoms with Crippen LogP contribution in [-0.4, -0.2) is 39.5 Å². The Balaban J connectivity index is 2.79. The molecule has 3 N–H and O–H groups in total. The largest absolute Gasteiger partial charge is 0.399 e. The summed E-state index contributed by atoms with van der Waals surface area (Å²) < 4.78 is 40.5. The van der Waals surface area contributed by atoms with E-state index in [-0.39, 0.29) is 22.7 Å². The summed E-state index contributed by atoms with van der Waals surface area (Å²) in [6.45, 7) is 6.42. The Kier molecular flexibility index (Phi) is 6.12. The molecule has 5 nitrogen and oxygen atoms in total. The van der Waals surface area contributed by atoms with E-state index in [1.165, 1.54) is 13.0 Å². The summed E-state index contributed by atoms with van der Waals surface area (Å²) in [5.41, 5.74) is 5.69. The lowest BCUT2D eigenvalue weighted by molar-refractivity contribution is 0.256. The first kappa shape index (κ1) is 17.9. The van der Waals surface area contributed by atoms with Crippen LogP contribution in [0, 0.1) is 12.7 Å². The maximum atomic E-state index is 13.6. The van der Waals surface area contributed by atoms with Crippen molar-refractivity contribution in [1.29, 1.82) is 0 Å². The molecule has 0 aliphatic heterocycles.